The number of hydrogen-bond donors (Lipinski definition) is 2. The number of nitrogens with zero attached hydrogens (tertiary/aromatic N) is 1. The lowest BCUT2D eigenvalue weighted by molar-refractivity contribution is 0.100. The Hall–Kier alpha value is -1.50. The molecule has 1 rings (SSSR count). The average Bonchev–Trinajstić information content (AvgIpc) is 2.10. The van der Waals surface area contributed by atoms with E-state index in [2.05, 4.69) is 4.36 Å². The van der Waals surface area contributed by atoms with Gasteiger partial charge in [0.1, 0.15) is 17.3 Å². The van der Waals surface area contributed by atoms with Crippen LogP contribution in [0.4, 0.5) is 14.5 Å². The van der Waals surface area contributed by atoms with Crippen molar-refractivity contribution in [1.82, 2.24) is 0 Å². The molecule has 0 heterocycles. The van der Waals surface area contributed by atoms with Gasteiger partial charge in [-0.3, -0.25) is 9.57 Å². The zero-order valence-corrected chi connectivity index (χ0v) is 9.57. The van der Waals surface area contributed by atoms with Crippen LogP contribution < -0.4 is 5.73 Å². The molecule has 3 N–H and O–H groups in total. The molecule has 0 saturated carbocycles. The van der Waals surface area contributed by atoms with Crippen LogP contribution in [0, 0.1) is 16.4 Å². The van der Waals surface area contributed by atoms with Crippen molar-refractivity contribution >= 4 is 21.2 Å². The van der Waals surface area contributed by atoms with Crippen LogP contribution in [0.25, 0.3) is 0 Å². The summed E-state index contributed by atoms with van der Waals surface area (Å²) in [4.78, 5) is 11.4. The Labute approximate surface area is 92.1 Å². The van der Waals surface area contributed by atoms with E-state index in [0.717, 1.165) is 12.1 Å². The van der Waals surface area contributed by atoms with Crippen molar-refractivity contribution in [3.8, 4) is 0 Å². The number of nitrogens with two attached hydrogens (primary N) is 1. The Morgan fingerprint density at radius 2 is 1.81 bits per heavy atom. The normalized spacial score (nSPS) is 11.2. The molecule has 1 aromatic carbocycles. The van der Waals surface area contributed by atoms with Crippen LogP contribution in [-0.4, -0.2) is 18.4 Å². The summed E-state index contributed by atoms with van der Waals surface area (Å²) in [5.41, 5.74) is 4.19. The molecule has 0 aliphatic rings. The van der Waals surface area contributed by atoms with Gasteiger partial charge < -0.3 is 5.73 Å². The fourth-order valence-electron chi connectivity index (χ4n) is 0.968. The van der Waals surface area contributed by atoms with Gasteiger partial charge in [-0.25, -0.2) is 8.78 Å². The second kappa shape index (κ2) is 4.17. The van der Waals surface area contributed by atoms with Crippen LogP contribution in [0.3, 0.4) is 0 Å². The van der Waals surface area contributed by atoms with Crippen LogP contribution in [0.5, 0.6) is 0 Å². The van der Waals surface area contributed by atoms with Crippen molar-refractivity contribution in [3.63, 3.8) is 0 Å². The maximum absolute atomic E-state index is 13.0. The minimum Gasteiger partial charge on any atom is -0.394 e. The number of halogens is 2. The number of nitrogen functional groups attached to an aromatic ring is 1. The minimum absolute atomic E-state index is 0.239. The van der Waals surface area contributed by atoms with E-state index < -0.39 is 32.8 Å². The second-order valence-corrected chi connectivity index (χ2v) is 6.25. The summed E-state index contributed by atoms with van der Waals surface area (Å²) < 4.78 is 37.0. The van der Waals surface area contributed by atoms with Gasteiger partial charge in [-0.2, -0.15) is 4.36 Å². The number of benzene rings is 1. The van der Waals surface area contributed by atoms with E-state index in [-0.39, 0.29) is 5.56 Å². The molecule has 0 aliphatic carbocycles. The van der Waals surface area contributed by atoms with E-state index in [4.69, 9.17) is 10.5 Å². The van der Waals surface area contributed by atoms with Gasteiger partial charge in [-0.15, -0.1) is 0 Å². The van der Waals surface area contributed by atoms with E-state index in [1.165, 1.54) is 12.5 Å². The van der Waals surface area contributed by atoms with Gasteiger partial charge in [-0.05, 0) is 12.1 Å². The first kappa shape index (κ1) is 12.6. The maximum Gasteiger partial charge on any atom is 0.283 e. The molecule has 0 aliphatic heterocycles. The van der Waals surface area contributed by atoms with Crippen molar-refractivity contribution in [2.24, 2.45) is 4.36 Å². The molecule has 7 heteroatoms. The maximum atomic E-state index is 13.0. The van der Waals surface area contributed by atoms with Gasteiger partial charge in [0.2, 0.25) is 0 Å². The molecule has 1 aromatic rings. The molecule has 1 amide bonds. The molecule has 0 saturated heterocycles. The first-order valence-electron chi connectivity index (χ1n) is 4.20. The molecule has 0 aromatic heterocycles. The largest absolute Gasteiger partial charge is 0.394 e. The number of hydrogen-bond acceptors (Lipinski definition) is 3. The van der Waals surface area contributed by atoms with Crippen LogP contribution in [0.1, 0.15) is 10.4 Å². The molecule has 4 nitrogen and oxygen atoms in total. The van der Waals surface area contributed by atoms with Crippen molar-refractivity contribution in [3.05, 3.63) is 29.3 Å². The third-order valence-electron chi connectivity index (χ3n) is 1.64. The van der Waals surface area contributed by atoms with E-state index in [1.54, 1.807) is 0 Å². The monoisotopic (exact) mass is 247 g/mol. The predicted octanol–water partition coefficient (Wildman–Crippen LogP) is 2.05. The third kappa shape index (κ3) is 2.99. The highest BCUT2D eigenvalue weighted by molar-refractivity contribution is 7.93. The summed E-state index contributed by atoms with van der Waals surface area (Å²) in [6.07, 6.45) is 2.93. The standard InChI is InChI=1S/C9H11F2N3OS/c1-16(2,13)14-9(15)5-3-6(10)8(12)7(11)4-5/h3-4,13H,12H2,1-2H3. The topological polar surface area (TPSA) is 79.3 Å². The predicted molar refractivity (Wildman–Crippen MR) is 59.5 cm³/mol. The number of rotatable bonds is 1. The van der Waals surface area contributed by atoms with E-state index in [9.17, 15) is 13.6 Å². The molecule has 0 unspecified atom stereocenters. The van der Waals surface area contributed by atoms with Crippen molar-refractivity contribution in [2.75, 3.05) is 18.2 Å². The van der Waals surface area contributed by atoms with E-state index in [0.29, 0.717) is 0 Å². The summed E-state index contributed by atoms with van der Waals surface area (Å²) in [5, 5.41) is 0. The van der Waals surface area contributed by atoms with Crippen molar-refractivity contribution in [1.29, 1.82) is 4.78 Å². The lowest BCUT2D eigenvalue weighted by atomic mass is 10.2. The number of carbonyl (C=O) groups is 1. The first-order chi connectivity index (χ1) is 7.20. The molecular formula is C9H11F2N3OS. The summed E-state index contributed by atoms with van der Waals surface area (Å²) in [5.74, 6) is -2.82. The van der Waals surface area contributed by atoms with Crippen LogP contribution >= 0.6 is 0 Å². The number of carbonyl (C=O) groups excluding carboxylic acids is 1. The zero-order valence-electron chi connectivity index (χ0n) is 8.75. The number of nitrogens with one attached hydrogen (secondary N) is 1. The Balaban J connectivity index is 3.27. The molecular weight excluding hydrogens is 236 g/mol. The molecule has 88 valence electrons. The quantitative estimate of drug-likeness (QED) is 0.745. The van der Waals surface area contributed by atoms with Gasteiger partial charge in [-0.1, -0.05) is 9.62 Å². The highest BCUT2D eigenvalue weighted by Crippen LogP contribution is 2.18. The van der Waals surface area contributed by atoms with E-state index in [1.807, 2.05) is 0 Å². The molecule has 0 radical (unpaired) electrons. The zero-order chi connectivity index (χ0) is 12.5. The molecule has 0 atom stereocenters. The Morgan fingerprint density at radius 3 is 2.19 bits per heavy atom. The fraction of sp³-hybridized carbons (Fsp3) is 0.222. The Morgan fingerprint density at radius 1 is 1.38 bits per heavy atom. The highest BCUT2D eigenvalue weighted by atomic mass is 32.2. The molecule has 0 bridgehead atoms. The molecule has 0 fully saturated rings. The SMILES string of the molecule is CS(C)(=N)=NC(=O)c1cc(F)c(N)c(F)c1. The lowest BCUT2D eigenvalue weighted by Gasteiger charge is -2.02. The molecule has 0 spiro atoms. The van der Waals surface area contributed by atoms with Gasteiger partial charge in [0, 0.05) is 18.1 Å². The van der Waals surface area contributed by atoms with Crippen LogP contribution in [-0.2, 0) is 9.62 Å². The summed E-state index contributed by atoms with van der Waals surface area (Å²) in [6.45, 7) is 0. The van der Waals surface area contributed by atoms with E-state index >= 15 is 0 Å². The Kier molecular flexibility index (Phi) is 3.27. The van der Waals surface area contributed by atoms with Gasteiger partial charge in [0.15, 0.2) is 0 Å². The smallest absolute Gasteiger partial charge is 0.283 e. The lowest BCUT2D eigenvalue weighted by Crippen LogP contribution is -2.04. The second-order valence-electron chi connectivity index (χ2n) is 3.52. The van der Waals surface area contributed by atoms with Crippen molar-refractivity contribution in [2.45, 2.75) is 0 Å². The van der Waals surface area contributed by atoms with Crippen LogP contribution in [0.15, 0.2) is 16.5 Å². The summed E-state index contributed by atoms with van der Waals surface area (Å²) in [6, 6.07) is 1.63. The third-order valence-corrected chi connectivity index (χ3v) is 2.26. The summed E-state index contributed by atoms with van der Waals surface area (Å²) >= 11 is 0. The van der Waals surface area contributed by atoms with Crippen LogP contribution in [0.2, 0.25) is 0 Å². The highest BCUT2D eigenvalue weighted by Gasteiger charge is 2.12. The minimum atomic E-state index is -2.16. The fourth-order valence-corrected chi connectivity index (χ4v) is 1.49. The van der Waals surface area contributed by atoms with Gasteiger partial charge in [0.05, 0.1) is 0 Å². The number of anilines is 1. The first-order valence-corrected chi connectivity index (χ1v) is 6.61. The molecule has 16 heavy (non-hydrogen) atoms. The number of amides is 1. The van der Waals surface area contributed by atoms with Gasteiger partial charge >= 0.3 is 0 Å². The van der Waals surface area contributed by atoms with Crippen molar-refractivity contribution < 1.29 is 13.6 Å². The average molecular weight is 247 g/mol. The Bertz CT molecular complexity index is 531. The van der Waals surface area contributed by atoms with Gasteiger partial charge in [0.25, 0.3) is 5.91 Å². The summed E-state index contributed by atoms with van der Waals surface area (Å²) in [7, 11) is -2.16.